The van der Waals surface area contributed by atoms with Crippen molar-refractivity contribution in [2.75, 3.05) is 31.2 Å². The van der Waals surface area contributed by atoms with Crippen LogP contribution in [-0.2, 0) is 9.53 Å². The minimum absolute atomic E-state index is 0.0641. The summed E-state index contributed by atoms with van der Waals surface area (Å²) in [5, 5.41) is 9.54. The molecule has 0 saturated heterocycles. The summed E-state index contributed by atoms with van der Waals surface area (Å²) in [7, 11) is 0. The van der Waals surface area contributed by atoms with E-state index >= 15 is 0 Å². The van der Waals surface area contributed by atoms with Gasteiger partial charge in [-0.2, -0.15) is 0 Å². The average molecular weight is 286 g/mol. The fraction of sp³-hybridized carbons (Fsp3) is 0.500. The minimum atomic E-state index is -0.871. The van der Waals surface area contributed by atoms with E-state index in [1.54, 1.807) is 17.0 Å². The molecule has 0 aliphatic carbocycles. The van der Waals surface area contributed by atoms with Crippen LogP contribution in [0.2, 0.25) is 5.02 Å². The molecule has 0 radical (unpaired) electrons. The Morgan fingerprint density at radius 1 is 1.47 bits per heavy atom. The zero-order chi connectivity index (χ0) is 14.3. The normalized spacial score (nSPS) is 10.7. The number of benzene rings is 1. The highest BCUT2D eigenvalue weighted by molar-refractivity contribution is 6.30. The highest BCUT2D eigenvalue weighted by Gasteiger charge is 2.11. The van der Waals surface area contributed by atoms with Crippen LogP contribution in [0.1, 0.15) is 13.8 Å². The standard InChI is InChI=1S/C14H20ClNO3/c1-11(2)10-19-7-6-16(9-14(17)18)13-5-3-4-12(15)8-13/h3-5,8,11H,6-7,9-10H2,1-2H3,(H,17,18). The van der Waals surface area contributed by atoms with Crippen LogP contribution >= 0.6 is 11.6 Å². The SMILES string of the molecule is CC(C)COCCN(CC(=O)O)c1cccc(Cl)c1. The van der Waals surface area contributed by atoms with Crippen molar-refractivity contribution >= 4 is 23.3 Å². The van der Waals surface area contributed by atoms with Crippen LogP contribution in [0.5, 0.6) is 0 Å². The summed E-state index contributed by atoms with van der Waals surface area (Å²) in [5.41, 5.74) is 0.794. The Balaban J connectivity index is 2.59. The second kappa shape index (κ2) is 8.02. The molecular weight excluding hydrogens is 266 g/mol. The van der Waals surface area contributed by atoms with Gasteiger partial charge in [-0.1, -0.05) is 31.5 Å². The topological polar surface area (TPSA) is 49.8 Å². The Morgan fingerprint density at radius 2 is 2.21 bits per heavy atom. The summed E-state index contributed by atoms with van der Waals surface area (Å²) in [6.45, 7) is 5.79. The molecule has 0 aromatic heterocycles. The highest BCUT2D eigenvalue weighted by atomic mass is 35.5. The molecule has 0 fully saturated rings. The molecule has 0 amide bonds. The first-order chi connectivity index (χ1) is 8.99. The molecule has 5 heteroatoms. The van der Waals surface area contributed by atoms with Gasteiger partial charge in [-0.3, -0.25) is 4.79 Å². The molecule has 1 N–H and O–H groups in total. The van der Waals surface area contributed by atoms with Gasteiger partial charge in [-0.05, 0) is 24.1 Å². The predicted molar refractivity (Wildman–Crippen MR) is 77.0 cm³/mol. The molecule has 0 atom stereocenters. The van der Waals surface area contributed by atoms with Crippen molar-refractivity contribution in [3.05, 3.63) is 29.3 Å². The van der Waals surface area contributed by atoms with Crippen molar-refractivity contribution in [3.8, 4) is 0 Å². The van der Waals surface area contributed by atoms with E-state index < -0.39 is 5.97 Å². The molecule has 0 bridgehead atoms. The first kappa shape index (κ1) is 15.8. The van der Waals surface area contributed by atoms with Gasteiger partial charge in [0.15, 0.2) is 0 Å². The molecule has 0 saturated carbocycles. The number of carboxylic acid groups (broad SMARTS) is 1. The van der Waals surface area contributed by atoms with Gasteiger partial charge in [0, 0.05) is 23.9 Å². The fourth-order valence-electron chi connectivity index (χ4n) is 1.63. The van der Waals surface area contributed by atoms with Gasteiger partial charge in [-0.15, -0.1) is 0 Å². The lowest BCUT2D eigenvalue weighted by Crippen LogP contribution is -2.33. The third-order valence-electron chi connectivity index (χ3n) is 2.46. The zero-order valence-electron chi connectivity index (χ0n) is 11.3. The molecule has 0 aliphatic rings. The monoisotopic (exact) mass is 285 g/mol. The molecule has 0 spiro atoms. The number of nitrogens with zero attached hydrogens (tertiary/aromatic N) is 1. The molecule has 0 aliphatic heterocycles. The molecule has 1 aromatic carbocycles. The molecule has 0 heterocycles. The van der Waals surface area contributed by atoms with Crippen molar-refractivity contribution < 1.29 is 14.6 Å². The smallest absolute Gasteiger partial charge is 0.323 e. The predicted octanol–water partition coefficient (Wildman–Crippen LogP) is 2.90. The van der Waals surface area contributed by atoms with E-state index in [2.05, 4.69) is 13.8 Å². The number of aliphatic carboxylic acids is 1. The van der Waals surface area contributed by atoms with Crippen LogP contribution in [0.15, 0.2) is 24.3 Å². The number of ether oxygens (including phenoxy) is 1. The van der Waals surface area contributed by atoms with E-state index in [1.807, 2.05) is 12.1 Å². The molecule has 4 nitrogen and oxygen atoms in total. The van der Waals surface area contributed by atoms with Gasteiger partial charge < -0.3 is 14.7 Å². The van der Waals surface area contributed by atoms with Gasteiger partial charge >= 0.3 is 5.97 Å². The maximum Gasteiger partial charge on any atom is 0.323 e. The third kappa shape index (κ3) is 6.45. The van der Waals surface area contributed by atoms with Gasteiger partial charge in [0.1, 0.15) is 6.54 Å². The van der Waals surface area contributed by atoms with E-state index in [-0.39, 0.29) is 6.54 Å². The van der Waals surface area contributed by atoms with E-state index in [0.29, 0.717) is 30.7 Å². The number of anilines is 1. The molecular formula is C14H20ClNO3. The number of halogens is 1. The number of carboxylic acids is 1. The largest absolute Gasteiger partial charge is 0.480 e. The summed E-state index contributed by atoms with van der Waals surface area (Å²) >= 11 is 5.92. The fourth-order valence-corrected chi connectivity index (χ4v) is 1.81. The first-order valence-electron chi connectivity index (χ1n) is 6.29. The number of hydrogen-bond donors (Lipinski definition) is 1. The second-order valence-corrected chi connectivity index (χ2v) is 5.20. The summed E-state index contributed by atoms with van der Waals surface area (Å²) in [6.07, 6.45) is 0. The van der Waals surface area contributed by atoms with E-state index in [0.717, 1.165) is 5.69 Å². The number of rotatable bonds is 8. The van der Waals surface area contributed by atoms with Gasteiger partial charge in [-0.25, -0.2) is 0 Å². The maximum absolute atomic E-state index is 10.9. The number of hydrogen-bond acceptors (Lipinski definition) is 3. The van der Waals surface area contributed by atoms with Crippen LogP contribution in [0.3, 0.4) is 0 Å². The minimum Gasteiger partial charge on any atom is -0.480 e. The van der Waals surface area contributed by atoms with Crippen LogP contribution in [0.25, 0.3) is 0 Å². The molecule has 106 valence electrons. The van der Waals surface area contributed by atoms with Gasteiger partial charge in [0.2, 0.25) is 0 Å². The molecule has 1 aromatic rings. The van der Waals surface area contributed by atoms with E-state index in [4.69, 9.17) is 21.4 Å². The maximum atomic E-state index is 10.9. The molecule has 19 heavy (non-hydrogen) atoms. The Bertz CT molecular complexity index is 409. The Morgan fingerprint density at radius 3 is 2.79 bits per heavy atom. The van der Waals surface area contributed by atoms with Crippen molar-refractivity contribution in [3.63, 3.8) is 0 Å². The van der Waals surface area contributed by atoms with E-state index in [9.17, 15) is 4.79 Å². The summed E-state index contributed by atoms with van der Waals surface area (Å²) < 4.78 is 5.49. The van der Waals surface area contributed by atoms with Gasteiger partial charge in [0.25, 0.3) is 0 Å². The highest BCUT2D eigenvalue weighted by Crippen LogP contribution is 2.19. The Kier molecular flexibility index (Phi) is 6.67. The third-order valence-corrected chi connectivity index (χ3v) is 2.69. The van der Waals surface area contributed by atoms with Crippen molar-refractivity contribution in [1.82, 2.24) is 0 Å². The molecule has 1 rings (SSSR count). The van der Waals surface area contributed by atoms with E-state index in [1.165, 1.54) is 0 Å². The quantitative estimate of drug-likeness (QED) is 0.746. The van der Waals surface area contributed by atoms with Crippen LogP contribution in [-0.4, -0.2) is 37.4 Å². The molecule has 0 unspecified atom stereocenters. The lowest BCUT2D eigenvalue weighted by atomic mass is 10.2. The van der Waals surface area contributed by atoms with Crippen LogP contribution < -0.4 is 4.90 Å². The Labute approximate surface area is 118 Å². The van der Waals surface area contributed by atoms with Crippen molar-refractivity contribution in [2.45, 2.75) is 13.8 Å². The second-order valence-electron chi connectivity index (χ2n) is 4.76. The Hall–Kier alpha value is -1.26. The van der Waals surface area contributed by atoms with Crippen LogP contribution in [0, 0.1) is 5.92 Å². The van der Waals surface area contributed by atoms with Gasteiger partial charge in [0.05, 0.1) is 6.61 Å². The zero-order valence-corrected chi connectivity index (χ0v) is 12.1. The van der Waals surface area contributed by atoms with Crippen molar-refractivity contribution in [2.24, 2.45) is 5.92 Å². The summed E-state index contributed by atoms with van der Waals surface area (Å²) in [6, 6.07) is 7.17. The first-order valence-corrected chi connectivity index (χ1v) is 6.67. The lowest BCUT2D eigenvalue weighted by molar-refractivity contribution is -0.135. The number of carbonyl (C=O) groups is 1. The van der Waals surface area contributed by atoms with Crippen LogP contribution in [0.4, 0.5) is 5.69 Å². The van der Waals surface area contributed by atoms with Crippen molar-refractivity contribution in [1.29, 1.82) is 0 Å². The summed E-state index contributed by atoms with van der Waals surface area (Å²) in [5.74, 6) is -0.400. The average Bonchev–Trinajstić information content (AvgIpc) is 2.32. The summed E-state index contributed by atoms with van der Waals surface area (Å²) in [4.78, 5) is 12.6. The lowest BCUT2D eigenvalue weighted by Gasteiger charge is -2.23.